The van der Waals surface area contributed by atoms with Gasteiger partial charge in [0.2, 0.25) is 5.95 Å². The molecule has 0 radical (unpaired) electrons. The molecule has 3 heterocycles. The Kier molecular flexibility index (Phi) is 3.94. The lowest BCUT2D eigenvalue weighted by molar-refractivity contribution is 0.273. The number of hydrogen-bond donors (Lipinski definition) is 2. The molecule has 0 unspecified atom stereocenters. The van der Waals surface area contributed by atoms with E-state index >= 15 is 0 Å². The highest BCUT2D eigenvalue weighted by molar-refractivity contribution is 5.63. The lowest BCUT2D eigenvalue weighted by Crippen LogP contribution is -2.36. The second-order valence-corrected chi connectivity index (χ2v) is 7.06. The summed E-state index contributed by atoms with van der Waals surface area (Å²) in [6, 6.07) is 8.28. The van der Waals surface area contributed by atoms with Crippen molar-refractivity contribution in [1.29, 1.82) is 0 Å². The molecule has 0 bridgehead atoms. The van der Waals surface area contributed by atoms with Crippen LogP contribution in [0.5, 0.6) is 0 Å². The Bertz CT molecular complexity index is 1150. The van der Waals surface area contributed by atoms with Gasteiger partial charge in [-0.15, -0.1) is 0 Å². The molecule has 0 amide bonds. The van der Waals surface area contributed by atoms with E-state index in [0.717, 1.165) is 36.0 Å². The number of aromatic nitrogens is 6. The van der Waals surface area contributed by atoms with Gasteiger partial charge < -0.3 is 16.0 Å². The summed E-state index contributed by atoms with van der Waals surface area (Å²) in [4.78, 5) is 21.0. The van der Waals surface area contributed by atoms with Crippen LogP contribution in [-0.4, -0.2) is 30.1 Å². The Labute approximate surface area is 166 Å². The minimum Gasteiger partial charge on any atom is -0.382 e. The van der Waals surface area contributed by atoms with Crippen LogP contribution in [0, 0.1) is 0 Å². The molecule has 1 aromatic carbocycles. The molecule has 1 aliphatic rings. The molecule has 9 nitrogen and oxygen atoms in total. The summed E-state index contributed by atoms with van der Waals surface area (Å²) in [6.45, 7) is 0. The van der Waals surface area contributed by atoms with E-state index < -0.39 is 0 Å². The first-order valence-electron chi connectivity index (χ1n) is 9.25. The first kappa shape index (κ1) is 17.2. The summed E-state index contributed by atoms with van der Waals surface area (Å²) < 4.78 is 5.47. The van der Waals surface area contributed by atoms with E-state index in [1.165, 1.54) is 6.20 Å². The largest absolute Gasteiger partial charge is 0.382 e. The Hall–Kier alpha value is -3.88. The van der Waals surface area contributed by atoms with Gasteiger partial charge in [0.15, 0.2) is 17.3 Å². The third kappa shape index (κ3) is 2.87. The van der Waals surface area contributed by atoms with Crippen LogP contribution in [0.15, 0.2) is 53.6 Å². The van der Waals surface area contributed by atoms with Crippen molar-refractivity contribution in [3.63, 3.8) is 0 Å². The summed E-state index contributed by atoms with van der Waals surface area (Å²) in [5, 5.41) is 4.25. The van der Waals surface area contributed by atoms with E-state index in [1.807, 2.05) is 12.1 Å². The SMILES string of the molecule is Nc1ncc(-c2ccc(C3(c4noc(-c5nccnc5N)n4)CCC3)cc2)cn1. The van der Waals surface area contributed by atoms with Crippen molar-refractivity contribution in [3.05, 3.63) is 60.4 Å². The molecule has 29 heavy (non-hydrogen) atoms. The second kappa shape index (κ2) is 6.62. The van der Waals surface area contributed by atoms with Crippen molar-refractivity contribution in [2.75, 3.05) is 11.5 Å². The number of nitrogens with two attached hydrogens (primary N) is 2. The van der Waals surface area contributed by atoms with Gasteiger partial charge in [-0.2, -0.15) is 4.98 Å². The molecule has 1 fully saturated rings. The Morgan fingerprint density at radius 1 is 0.862 bits per heavy atom. The molecule has 0 aliphatic heterocycles. The van der Waals surface area contributed by atoms with Crippen LogP contribution in [0.4, 0.5) is 11.8 Å². The summed E-state index contributed by atoms with van der Waals surface area (Å²) in [6.07, 6.45) is 9.51. The standard InChI is InChI=1S/C20H18N8O/c21-16-15(23-8-9-24-16)17-27-18(28-29-17)20(6-1-7-20)14-4-2-12(3-5-14)13-10-25-19(22)26-11-13/h2-5,8-11H,1,6-7H2,(H2,21,24)(H2,22,25,26). The molecule has 0 spiro atoms. The number of hydrogen-bond acceptors (Lipinski definition) is 9. The van der Waals surface area contributed by atoms with Gasteiger partial charge >= 0.3 is 0 Å². The molecule has 0 saturated heterocycles. The van der Waals surface area contributed by atoms with Gasteiger partial charge in [0.25, 0.3) is 5.89 Å². The summed E-state index contributed by atoms with van der Waals surface area (Å²) in [5.41, 5.74) is 14.7. The van der Waals surface area contributed by atoms with Gasteiger partial charge in [-0.1, -0.05) is 35.8 Å². The van der Waals surface area contributed by atoms with Gasteiger partial charge in [0.1, 0.15) is 0 Å². The van der Waals surface area contributed by atoms with Crippen LogP contribution in [0.3, 0.4) is 0 Å². The number of nitrogens with zero attached hydrogens (tertiary/aromatic N) is 6. The summed E-state index contributed by atoms with van der Waals surface area (Å²) >= 11 is 0. The summed E-state index contributed by atoms with van der Waals surface area (Å²) in [7, 11) is 0. The van der Waals surface area contributed by atoms with E-state index in [1.54, 1.807) is 18.6 Å². The Morgan fingerprint density at radius 3 is 2.24 bits per heavy atom. The van der Waals surface area contributed by atoms with Crippen LogP contribution in [0.2, 0.25) is 0 Å². The minimum absolute atomic E-state index is 0.260. The van der Waals surface area contributed by atoms with Crippen molar-refractivity contribution >= 4 is 11.8 Å². The predicted octanol–water partition coefficient (Wildman–Crippen LogP) is 2.62. The fraction of sp³-hybridized carbons (Fsp3) is 0.200. The molecule has 3 aromatic heterocycles. The second-order valence-electron chi connectivity index (χ2n) is 7.06. The highest BCUT2D eigenvalue weighted by Crippen LogP contribution is 2.48. The van der Waals surface area contributed by atoms with Crippen LogP contribution in [0.25, 0.3) is 22.7 Å². The maximum absolute atomic E-state index is 5.89. The molecule has 1 saturated carbocycles. The van der Waals surface area contributed by atoms with Crippen LogP contribution in [-0.2, 0) is 5.41 Å². The molecule has 9 heteroatoms. The first-order valence-corrected chi connectivity index (χ1v) is 9.25. The molecular formula is C20H18N8O. The van der Waals surface area contributed by atoms with Crippen molar-refractivity contribution in [2.24, 2.45) is 0 Å². The Morgan fingerprint density at radius 2 is 1.59 bits per heavy atom. The maximum atomic E-state index is 5.89. The van der Waals surface area contributed by atoms with E-state index in [0.29, 0.717) is 11.5 Å². The summed E-state index contributed by atoms with van der Waals surface area (Å²) in [5.74, 6) is 1.45. The quantitative estimate of drug-likeness (QED) is 0.541. The van der Waals surface area contributed by atoms with E-state index in [-0.39, 0.29) is 23.1 Å². The average molecular weight is 386 g/mol. The first-order chi connectivity index (χ1) is 14.2. The van der Waals surface area contributed by atoms with Crippen LogP contribution >= 0.6 is 0 Å². The van der Waals surface area contributed by atoms with Crippen molar-refractivity contribution < 1.29 is 4.52 Å². The molecule has 5 rings (SSSR count). The van der Waals surface area contributed by atoms with Gasteiger partial charge in [0.05, 0.1) is 5.41 Å². The maximum Gasteiger partial charge on any atom is 0.280 e. The van der Waals surface area contributed by atoms with Crippen molar-refractivity contribution in [1.82, 2.24) is 30.1 Å². The molecule has 144 valence electrons. The smallest absolute Gasteiger partial charge is 0.280 e. The van der Waals surface area contributed by atoms with Crippen LogP contribution in [0.1, 0.15) is 30.7 Å². The molecule has 4 aromatic rings. The number of anilines is 2. The highest BCUT2D eigenvalue weighted by atomic mass is 16.5. The van der Waals surface area contributed by atoms with Gasteiger partial charge in [0, 0.05) is 30.4 Å². The third-order valence-corrected chi connectivity index (χ3v) is 5.43. The monoisotopic (exact) mass is 386 g/mol. The molecule has 1 aliphatic carbocycles. The van der Waals surface area contributed by atoms with Crippen molar-refractivity contribution in [3.8, 4) is 22.7 Å². The zero-order valence-corrected chi connectivity index (χ0v) is 15.5. The highest BCUT2D eigenvalue weighted by Gasteiger charge is 2.44. The van der Waals surface area contributed by atoms with Gasteiger partial charge in [-0.3, -0.25) is 0 Å². The zero-order chi connectivity index (χ0) is 19.8. The Balaban J connectivity index is 1.48. The predicted molar refractivity (Wildman–Crippen MR) is 106 cm³/mol. The van der Waals surface area contributed by atoms with E-state index in [9.17, 15) is 0 Å². The van der Waals surface area contributed by atoms with Gasteiger partial charge in [-0.25, -0.2) is 19.9 Å². The lowest BCUT2D eigenvalue weighted by Gasteiger charge is -2.39. The minimum atomic E-state index is -0.269. The third-order valence-electron chi connectivity index (χ3n) is 5.43. The van der Waals surface area contributed by atoms with Gasteiger partial charge in [-0.05, 0) is 24.0 Å². The fourth-order valence-corrected chi connectivity index (χ4v) is 3.67. The van der Waals surface area contributed by atoms with Crippen molar-refractivity contribution in [2.45, 2.75) is 24.7 Å². The number of nitrogen functional groups attached to an aromatic ring is 2. The molecule has 4 N–H and O–H groups in total. The molecule has 0 atom stereocenters. The normalized spacial score (nSPS) is 15.0. The zero-order valence-electron chi connectivity index (χ0n) is 15.5. The molecular weight excluding hydrogens is 368 g/mol. The number of rotatable bonds is 4. The lowest BCUT2D eigenvalue weighted by atomic mass is 9.64. The number of benzene rings is 1. The van der Waals surface area contributed by atoms with Crippen LogP contribution < -0.4 is 11.5 Å². The average Bonchev–Trinajstić information content (AvgIpc) is 3.19. The van der Waals surface area contributed by atoms with E-state index in [4.69, 9.17) is 16.0 Å². The topological polar surface area (TPSA) is 143 Å². The van der Waals surface area contributed by atoms with E-state index in [2.05, 4.69) is 42.2 Å². The fourth-order valence-electron chi connectivity index (χ4n) is 3.67.